The summed E-state index contributed by atoms with van der Waals surface area (Å²) in [6.45, 7) is 1.28. The van der Waals surface area contributed by atoms with Crippen molar-refractivity contribution in [3.63, 3.8) is 0 Å². The first-order valence-corrected chi connectivity index (χ1v) is 14.5. The number of aliphatic hydroxyl groups excluding tert-OH is 1. The molecule has 0 heterocycles. The van der Waals surface area contributed by atoms with Gasteiger partial charge in [-0.25, -0.2) is 0 Å². The molecule has 4 rings (SSSR count). The number of phenolic OH excluding ortho intramolecular Hbond substituents is 1. The van der Waals surface area contributed by atoms with E-state index < -0.39 is 26.5 Å². The Balaban J connectivity index is 1.74. The highest BCUT2D eigenvalue weighted by molar-refractivity contribution is 7.86. The smallest absolute Gasteiger partial charge is 0.296 e. The van der Waals surface area contributed by atoms with E-state index in [9.17, 15) is 22.9 Å². The largest absolute Gasteiger partial charge is 0.505 e. The van der Waals surface area contributed by atoms with Crippen molar-refractivity contribution in [2.45, 2.75) is 11.8 Å². The third-order valence-electron chi connectivity index (χ3n) is 6.16. The standard InChI is InChI=1S/C29H29N5O10S/c1-16(36)30-18-5-7-20-17(11-18)12-27(45(38,39)40)28(29(20)37)34-33-23-15-25(42-3)22(14-26(23)43-4)32-31-21-8-6-19(44-10-9-35)13-24(21)41-2/h5-8,11-15,35,37H,9-10H2,1-4H3,(H,30,36)(H,38,39,40). The molecule has 0 aromatic heterocycles. The van der Waals surface area contributed by atoms with Gasteiger partial charge in [-0.3, -0.25) is 9.35 Å². The molecule has 0 saturated carbocycles. The summed E-state index contributed by atoms with van der Waals surface area (Å²) in [5, 5.41) is 39.4. The lowest BCUT2D eigenvalue weighted by Gasteiger charge is -2.11. The van der Waals surface area contributed by atoms with E-state index in [4.69, 9.17) is 24.1 Å². The molecule has 0 bridgehead atoms. The van der Waals surface area contributed by atoms with Crippen LogP contribution in [0.4, 0.5) is 28.4 Å². The second-order valence-corrected chi connectivity index (χ2v) is 10.6. The van der Waals surface area contributed by atoms with E-state index in [0.717, 1.165) is 6.07 Å². The fraction of sp³-hybridized carbons (Fsp3) is 0.207. The molecule has 4 aromatic rings. The number of aromatic hydroxyl groups is 1. The number of amides is 1. The number of fused-ring (bicyclic) bond motifs is 1. The van der Waals surface area contributed by atoms with Crippen LogP contribution in [-0.4, -0.2) is 63.6 Å². The number of anilines is 1. The summed E-state index contributed by atoms with van der Waals surface area (Å²) < 4.78 is 56.1. The first kappa shape index (κ1) is 32.6. The maximum atomic E-state index is 12.3. The lowest BCUT2D eigenvalue weighted by atomic mass is 10.1. The maximum absolute atomic E-state index is 12.3. The van der Waals surface area contributed by atoms with Crippen molar-refractivity contribution < 1.29 is 46.9 Å². The van der Waals surface area contributed by atoms with Crippen molar-refractivity contribution in [3.05, 3.63) is 54.6 Å². The summed E-state index contributed by atoms with van der Waals surface area (Å²) in [4.78, 5) is 10.7. The van der Waals surface area contributed by atoms with Gasteiger partial charge in [-0.15, -0.1) is 20.5 Å². The molecule has 1 amide bonds. The molecule has 15 nitrogen and oxygen atoms in total. The van der Waals surface area contributed by atoms with Crippen molar-refractivity contribution in [1.82, 2.24) is 0 Å². The highest BCUT2D eigenvalue weighted by Gasteiger charge is 2.23. The minimum Gasteiger partial charge on any atom is -0.505 e. The van der Waals surface area contributed by atoms with Crippen LogP contribution in [0.25, 0.3) is 10.8 Å². The minimum atomic E-state index is -4.88. The Morgan fingerprint density at radius 3 is 2.00 bits per heavy atom. The first-order chi connectivity index (χ1) is 21.5. The summed E-state index contributed by atoms with van der Waals surface area (Å²) in [6.07, 6.45) is 0. The minimum absolute atomic E-state index is 0.0676. The SMILES string of the molecule is COc1cc(OCCO)ccc1N=Nc1cc(OC)c(N=Nc2c(S(=O)(=O)O)cc3cc(NC(C)=O)ccc3c2O)cc1OC. The topological polar surface area (TPSA) is 210 Å². The number of methoxy groups -OCH3 is 3. The van der Waals surface area contributed by atoms with Gasteiger partial charge in [-0.1, -0.05) is 0 Å². The Labute approximate surface area is 257 Å². The average molecular weight is 640 g/mol. The summed E-state index contributed by atoms with van der Waals surface area (Å²) in [6, 6.07) is 13.2. The Morgan fingerprint density at radius 1 is 0.822 bits per heavy atom. The van der Waals surface area contributed by atoms with Crippen molar-refractivity contribution in [2.24, 2.45) is 20.5 Å². The van der Waals surface area contributed by atoms with E-state index >= 15 is 0 Å². The molecule has 4 N–H and O–H groups in total. The second kappa shape index (κ2) is 14.0. The number of ether oxygens (including phenoxy) is 4. The third kappa shape index (κ3) is 7.61. The molecule has 0 fully saturated rings. The van der Waals surface area contributed by atoms with Gasteiger partial charge in [-0.05, 0) is 41.8 Å². The number of nitrogens with one attached hydrogen (secondary N) is 1. The number of hydrogen-bond acceptors (Lipinski definition) is 13. The quantitative estimate of drug-likeness (QED) is 0.105. The van der Waals surface area contributed by atoms with Crippen LogP contribution in [0.5, 0.6) is 28.7 Å². The van der Waals surface area contributed by atoms with Crippen LogP contribution < -0.4 is 24.3 Å². The van der Waals surface area contributed by atoms with Crippen molar-refractivity contribution in [1.29, 1.82) is 0 Å². The summed E-state index contributed by atoms with van der Waals surface area (Å²) in [7, 11) is -0.682. The highest BCUT2D eigenvalue weighted by atomic mass is 32.2. The van der Waals surface area contributed by atoms with Crippen LogP contribution in [-0.2, 0) is 14.9 Å². The highest BCUT2D eigenvalue weighted by Crippen LogP contribution is 2.45. The Morgan fingerprint density at radius 2 is 1.42 bits per heavy atom. The van der Waals surface area contributed by atoms with Gasteiger partial charge in [0.2, 0.25) is 5.91 Å². The number of benzene rings is 4. The van der Waals surface area contributed by atoms with Crippen LogP contribution in [0, 0.1) is 0 Å². The number of phenols is 1. The van der Waals surface area contributed by atoms with Crippen LogP contribution in [0.15, 0.2) is 79.9 Å². The number of carbonyl (C=O) groups excluding carboxylic acids is 1. The van der Waals surface area contributed by atoms with Gasteiger partial charge in [0.05, 0.1) is 27.9 Å². The van der Waals surface area contributed by atoms with E-state index in [2.05, 4.69) is 25.8 Å². The number of aliphatic hydroxyl groups is 1. The molecule has 236 valence electrons. The van der Waals surface area contributed by atoms with Gasteiger partial charge in [0, 0.05) is 36.2 Å². The zero-order valence-electron chi connectivity index (χ0n) is 24.5. The molecule has 0 saturated heterocycles. The molecule has 45 heavy (non-hydrogen) atoms. The molecule has 16 heteroatoms. The van der Waals surface area contributed by atoms with Crippen molar-refractivity contribution in [2.75, 3.05) is 39.9 Å². The van der Waals surface area contributed by atoms with E-state index in [1.165, 1.54) is 58.6 Å². The monoisotopic (exact) mass is 639 g/mol. The van der Waals surface area contributed by atoms with E-state index in [1.807, 2.05) is 0 Å². The Kier molecular flexibility index (Phi) is 10.1. The van der Waals surface area contributed by atoms with Gasteiger partial charge >= 0.3 is 0 Å². The molecule has 0 spiro atoms. The number of carbonyl (C=O) groups is 1. The van der Waals surface area contributed by atoms with Crippen molar-refractivity contribution >= 4 is 55.2 Å². The van der Waals surface area contributed by atoms with E-state index in [0.29, 0.717) is 22.9 Å². The molecule has 4 aromatic carbocycles. The van der Waals surface area contributed by atoms with Gasteiger partial charge in [-0.2, -0.15) is 8.42 Å². The van der Waals surface area contributed by atoms with Crippen LogP contribution in [0.2, 0.25) is 0 Å². The Hall–Kier alpha value is -5.32. The number of rotatable bonds is 12. The molecule has 0 atom stereocenters. The van der Waals surface area contributed by atoms with Crippen LogP contribution >= 0.6 is 0 Å². The fourth-order valence-electron chi connectivity index (χ4n) is 4.15. The number of azo groups is 2. The van der Waals surface area contributed by atoms with Crippen LogP contribution in [0.3, 0.4) is 0 Å². The summed E-state index contributed by atoms with van der Waals surface area (Å²) in [5.74, 6) is 0.242. The van der Waals surface area contributed by atoms with Gasteiger partial charge in [0.25, 0.3) is 10.1 Å². The summed E-state index contributed by atoms with van der Waals surface area (Å²) in [5.41, 5.74) is 0.491. The first-order valence-electron chi connectivity index (χ1n) is 13.0. The van der Waals surface area contributed by atoms with E-state index in [1.54, 1.807) is 18.2 Å². The predicted octanol–water partition coefficient (Wildman–Crippen LogP) is 5.98. The maximum Gasteiger partial charge on any atom is 0.296 e. The number of nitrogens with zero attached hydrogens (tertiary/aromatic N) is 4. The summed E-state index contributed by atoms with van der Waals surface area (Å²) >= 11 is 0. The normalized spacial score (nSPS) is 11.7. The molecular formula is C29H29N5O10S. The molecule has 0 aliphatic carbocycles. The Bertz CT molecular complexity index is 1910. The van der Waals surface area contributed by atoms with Crippen molar-refractivity contribution in [3.8, 4) is 28.7 Å². The molecule has 0 unspecified atom stereocenters. The molecule has 0 radical (unpaired) electrons. The van der Waals surface area contributed by atoms with Crippen LogP contribution in [0.1, 0.15) is 6.92 Å². The zero-order valence-corrected chi connectivity index (χ0v) is 25.3. The molecule has 0 aliphatic rings. The van der Waals surface area contributed by atoms with Gasteiger partial charge in [0.1, 0.15) is 57.2 Å². The zero-order chi connectivity index (χ0) is 32.7. The van der Waals surface area contributed by atoms with E-state index in [-0.39, 0.29) is 52.8 Å². The second-order valence-electron chi connectivity index (χ2n) is 9.17. The lowest BCUT2D eigenvalue weighted by molar-refractivity contribution is -0.114. The fourth-order valence-corrected chi connectivity index (χ4v) is 4.81. The molecular weight excluding hydrogens is 610 g/mol. The average Bonchev–Trinajstić information content (AvgIpc) is 3.01. The third-order valence-corrected chi connectivity index (χ3v) is 7.03. The van der Waals surface area contributed by atoms with Gasteiger partial charge < -0.3 is 34.5 Å². The predicted molar refractivity (Wildman–Crippen MR) is 163 cm³/mol. The number of hydrogen-bond donors (Lipinski definition) is 4. The molecule has 0 aliphatic heterocycles. The lowest BCUT2D eigenvalue weighted by Crippen LogP contribution is -2.05. The van der Waals surface area contributed by atoms with Gasteiger partial charge in [0.15, 0.2) is 5.75 Å².